The highest BCUT2D eigenvalue weighted by atomic mass is 16.5. The monoisotopic (exact) mass is 282 g/mol. The van der Waals surface area contributed by atoms with E-state index in [-0.39, 0.29) is 6.61 Å². The molecule has 21 heavy (non-hydrogen) atoms. The molecule has 0 aliphatic carbocycles. The first-order valence-electron chi connectivity index (χ1n) is 6.68. The molecule has 5 nitrogen and oxygen atoms in total. The minimum Gasteiger partial charge on any atom is -0.487 e. The van der Waals surface area contributed by atoms with Gasteiger partial charge in [-0.25, -0.2) is 4.68 Å². The Morgan fingerprint density at radius 2 is 2.05 bits per heavy atom. The van der Waals surface area contributed by atoms with Gasteiger partial charge < -0.3 is 4.74 Å². The van der Waals surface area contributed by atoms with Crippen LogP contribution in [0.5, 0.6) is 5.75 Å². The highest BCUT2D eigenvalue weighted by molar-refractivity contribution is 5.40. The lowest BCUT2D eigenvalue weighted by molar-refractivity contribution is 0.289. The van der Waals surface area contributed by atoms with Crippen LogP contribution in [0.15, 0.2) is 30.4 Å². The van der Waals surface area contributed by atoms with Crippen LogP contribution in [0.4, 0.5) is 0 Å². The Morgan fingerprint density at radius 3 is 2.62 bits per heavy atom. The van der Waals surface area contributed by atoms with Crippen LogP contribution in [0.2, 0.25) is 0 Å². The summed E-state index contributed by atoms with van der Waals surface area (Å²) < 4.78 is 7.56. The van der Waals surface area contributed by atoms with Crippen LogP contribution in [-0.4, -0.2) is 15.0 Å². The molecule has 0 bridgehead atoms. The second-order valence-corrected chi connectivity index (χ2v) is 5.12. The summed E-state index contributed by atoms with van der Waals surface area (Å²) >= 11 is 0. The van der Waals surface area contributed by atoms with E-state index in [4.69, 9.17) is 10.00 Å². The Bertz CT molecular complexity index is 689. The molecule has 0 aliphatic rings. The molecule has 1 aromatic heterocycles. The number of allylic oxidation sites excluding steroid dienone is 1. The number of nitrogens with zero attached hydrogens (tertiary/aromatic N) is 4. The van der Waals surface area contributed by atoms with Gasteiger partial charge in [-0.1, -0.05) is 35.6 Å². The van der Waals surface area contributed by atoms with Gasteiger partial charge in [-0.05, 0) is 31.9 Å². The summed E-state index contributed by atoms with van der Waals surface area (Å²) in [5, 5.41) is 17.0. The third-order valence-electron chi connectivity index (χ3n) is 3.13. The van der Waals surface area contributed by atoms with E-state index in [2.05, 4.69) is 23.0 Å². The quantitative estimate of drug-likeness (QED) is 0.791. The SMILES string of the molecule is C=C(C)Cn1nnc(C#N)c1COc1c(C)cccc1C. The molecule has 2 aromatic rings. The van der Waals surface area contributed by atoms with Crippen LogP contribution in [0.25, 0.3) is 0 Å². The maximum absolute atomic E-state index is 9.13. The average Bonchev–Trinajstić information content (AvgIpc) is 2.79. The van der Waals surface area contributed by atoms with Crippen molar-refractivity contribution in [3.63, 3.8) is 0 Å². The second kappa shape index (κ2) is 6.23. The predicted octanol–water partition coefficient (Wildman–Crippen LogP) is 2.92. The van der Waals surface area contributed by atoms with Gasteiger partial charge in [0.1, 0.15) is 24.1 Å². The Balaban J connectivity index is 2.25. The van der Waals surface area contributed by atoms with Gasteiger partial charge in [0.05, 0.1) is 6.54 Å². The van der Waals surface area contributed by atoms with Gasteiger partial charge in [0.15, 0.2) is 5.69 Å². The fraction of sp³-hybridized carbons (Fsp3) is 0.312. The summed E-state index contributed by atoms with van der Waals surface area (Å²) in [5.74, 6) is 0.837. The van der Waals surface area contributed by atoms with E-state index in [0.29, 0.717) is 17.9 Å². The molecule has 0 saturated carbocycles. The van der Waals surface area contributed by atoms with Crippen molar-refractivity contribution < 1.29 is 4.74 Å². The number of aromatic nitrogens is 3. The van der Waals surface area contributed by atoms with Crippen molar-refractivity contribution in [2.75, 3.05) is 0 Å². The van der Waals surface area contributed by atoms with Crippen LogP contribution < -0.4 is 4.74 Å². The third-order valence-corrected chi connectivity index (χ3v) is 3.13. The van der Waals surface area contributed by atoms with Gasteiger partial charge >= 0.3 is 0 Å². The Kier molecular flexibility index (Phi) is 4.39. The van der Waals surface area contributed by atoms with Gasteiger partial charge in [0.25, 0.3) is 0 Å². The molecule has 1 heterocycles. The highest BCUT2D eigenvalue weighted by Gasteiger charge is 2.14. The van der Waals surface area contributed by atoms with Gasteiger partial charge in [-0.3, -0.25) is 0 Å². The number of ether oxygens (including phenoxy) is 1. The van der Waals surface area contributed by atoms with Crippen molar-refractivity contribution in [1.29, 1.82) is 5.26 Å². The molecule has 0 atom stereocenters. The summed E-state index contributed by atoms with van der Waals surface area (Å²) in [4.78, 5) is 0. The predicted molar refractivity (Wildman–Crippen MR) is 79.8 cm³/mol. The molecule has 1 aromatic carbocycles. The number of aryl methyl sites for hydroxylation is 2. The lowest BCUT2D eigenvalue weighted by Gasteiger charge is -2.12. The van der Waals surface area contributed by atoms with E-state index in [1.165, 1.54) is 0 Å². The first kappa shape index (κ1) is 14.8. The van der Waals surface area contributed by atoms with E-state index < -0.39 is 0 Å². The average molecular weight is 282 g/mol. The molecular weight excluding hydrogens is 264 g/mol. The van der Waals surface area contributed by atoms with Crippen LogP contribution in [-0.2, 0) is 13.2 Å². The van der Waals surface area contributed by atoms with E-state index >= 15 is 0 Å². The minimum atomic E-state index is 0.259. The zero-order valence-electron chi connectivity index (χ0n) is 12.6. The summed E-state index contributed by atoms with van der Waals surface area (Å²) in [6.45, 7) is 10.5. The Morgan fingerprint density at radius 1 is 1.38 bits per heavy atom. The van der Waals surface area contributed by atoms with E-state index in [0.717, 1.165) is 22.4 Å². The summed E-state index contributed by atoms with van der Waals surface area (Å²) in [7, 11) is 0. The summed E-state index contributed by atoms with van der Waals surface area (Å²) in [6, 6.07) is 8.04. The summed E-state index contributed by atoms with van der Waals surface area (Å²) in [5.41, 5.74) is 4.03. The molecule has 0 unspecified atom stereocenters. The molecule has 0 fully saturated rings. The molecule has 0 radical (unpaired) electrons. The van der Waals surface area contributed by atoms with Crippen molar-refractivity contribution in [3.8, 4) is 11.8 Å². The largest absolute Gasteiger partial charge is 0.487 e. The maximum Gasteiger partial charge on any atom is 0.189 e. The normalized spacial score (nSPS) is 10.2. The van der Waals surface area contributed by atoms with E-state index in [1.807, 2.05) is 39.0 Å². The second-order valence-electron chi connectivity index (χ2n) is 5.12. The lowest BCUT2D eigenvalue weighted by Crippen LogP contribution is -2.10. The highest BCUT2D eigenvalue weighted by Crippen LogP contribution is 2.23. The molecule has 108 valence electrons. The van der Waals surface area contributed by atoms with E-state index in [9.17, 15) is 0 Å². The molecule has 0 spiro atoms. The fourth-order valence-electron chi connectivity index (χ4n) is 2.11. The molecular formula is C16H18N4O. The van der Waals surface area contributed by atoms with Crippen molar-refractivity contribution in [2.24, 2.45) is 0 Å². The molecule has 0 aliphatic heterocycles. The third kappa shape index (κ3) is 3.29. The van der Waals surface area contributed by atoms with Crippen LogP contribution in [0.1, 0.15) is 29.4 Å². The summed E-state index contributed by atoms with van der Waals surface area (Å²) in [6.07, 6.45) is 0. The Hall–Kier alpha value is -2.61. The topological polar surface area (TPSA) is 63.7 Å². The first-order chi connectivity index (χ1) is 10.0. The number of para-hydroxylation sites is 1. The number of hydrogen-bond donors (Lipinski definition) is 0. The number of benzene rings is 1. The zero-order chi connectivity index (χ0) is 15.4. The lowest BCUT2D eigenvalue weighted by atomic mass is 10.1. The molecule has 5 heteroatoms. The van der Waals surface area contributed by atoms with Crippen molar-refractivity contribution in [1.82, 2.24) is 15.0 Å². The van der Waals surface area contributed by atoms with Crippen molar-refractivity contribution in [2.45, 2.75) is 33.9 Å². The Labute approximate surface area is 124 Å². The number of hydrogen-bond acceptors (Lipinski definition) is 4. The molecule has 0 amide bonds. The van der Waals surface area contributed by atoms with Gasteiger partial charge in [0, 0.05) is 0 Å². The molecule has 0 N–H and O–H groups in total. The van der Waals surface area contributed by atoms with Crippen molar-refractivity contribution in [3.05, 3.63) is 52.9 Å². The minimum absolute atomic E-state index is 0.259. The van der Waals surface area contributed by atoms with Gasteiger partial charge in [0.2, 0.25) is 0 Å². The van der Waals surface area contributed by atoms with Gasteiger partial charge in [-0.15, -0.1) is 5.10 Å². The number of rotatable bonds is 5. The van der Waals surface area contributed by atoms with Crippen LogP contribution in [0.3, 0.4) is 0 Å². The first-order valence-corrected chi connectivity index (χ1v) is 6.68. The molecule has 2 rings (SSSR count). The zero-order valence-corrected chi connectivity index (χ0v) is 12.6. The van der Waals surface area contributed by atoms with Crippen LogP contribution in [0, 0.1) is 25.2 Å². The standard InChI is InChI=1S/C16H18N4O/c1-11(2)9-20-15(14(8-17)18-19-20)10-21-16-12(3)6-5-7-13(16)4/h5-7H,1,9-10H2,2-4H3. The molecule has 0 saturated heterocycles. The number of nitriles is 1. The van der Waals surface area contributed by atoms with Crippen molar-refractivity contribution >= 4 is 0 Å². The fourth-order valence-corrected chi connectivity index (χ4v) is 2.11. The van der Waals surface area contributed by atoms with Gasteiger partial charge in [-0.2, -0.15) is 5.26 Å². The van der Waals surface area contributed by atoms with E-state index in [1.54, 1.807) is 4.68 Å². The maximum atomic E-state index is 9.13. The smallest absolute Gasteiger partial charge is 0.189 e. The van der Waals surface area contributed by atoms with Crippen LogP contribution >= 0.6 is 0 Å².